The monoisotopic (exact) mass is 403 g/mol. The summed E-state index contributed by atoms with van der Waals surface area (Å²) in [5, 5.41) is 8.30. The van der Waals surface area contributed by atoms with Gasteiger partial charge in [-0.25, -0.2) is 0 Å². The van der Waals surface area contributed by atoms with E-state index in [0.717, 1.165) is 5.56 Å². The quantitative estimate of drug-likeness (QED) is 0.519. The van der Waals surface area contributed by atoms with E-state index >= 15 is 0 Å². The molecule has 2 aromatic carbocycles. The van der Waals surface area contributed by atoms with Gasteiger partial charge in [-0.05, 0) is 62.4 Å². The second-order valence-corrected chi connectivity index (χ2v) is 8.35. The van der Waals surface area contributed by atoms with Crippen LogP contribution in [0.4, 0.5) is 0 Å². The van der Waals surface area contributed by atoms with E-state index in [1.807, 2.05) is 56.3 Å². The average molecular weight is 404 g/mol. The van der Waals surface area contributed by atoms with Crippen LogP contribution >= 0.6 is 0 Å². The molecule has 1 amide bonds. The zero-order chi connectivity index (χ0) is 20.9. The van der Waals surface area contributed by atoms with Gasteiger partial charge < -0.3 is 9.32 Å². The third-order valence-electron chi connectivity index (χ3n) is 5.91. The molecule has 3 aromatic rings. The summed E-state index contributed by atoms with van der Waals surface area (Å²) >= 11 is 0. The van der Waals surface area contributed by atoms with Gasteiger partial charge in [0.1, 0.15) is 0 Å². The van der Waals surface area contributed by atoms with Gasteiger partial charge in [0.15, 0.2) is 0 Å². The van der Waals surface area contributed by atoms with Crippen LogP contribution in [0.3, 0.4) is 0 Å². The number of carbonyl (C=O) groups excluding carboxylic acids is 1. The smallest absolute Gasteiger partial charge is 0.254 e. The molecule has 4 rings (SSSR count). The summed E-state index contributed by atoms with van der Waals surface area (Å²) in [5.41, 5.74) is 2.93. The van der Waals surface area contributed by atoms with Crippen LogP contribution in [0.2, 0.25) is 0 Å². The van der Waals surface area contributed by atoms with Crippen LogP contribution in [-0.2, 0) is 6.54 Å². The molecule has 1 aliphatic rings. The number of rotatable bonds is 6. The summed E-state index contributed by atoms with van der Waals surface area (Å²) in [5.74, 6) is 1.53. The molecule has 5 nitrogen and oxygen atoms in total. The molecule has 0 aliphatic heterocycles. The minimum Gasteiger partial charge on any atom is -0.419 e. The van der Waals surface area contributed by atoms with Gasteiger partial charge in [0.2, 0.25) is 11.8 Å². The zero-order valence-electron chi connectivity index (χ0n) is 17.8. The van der Waals surface area contributed by atoms with Crippen molar-refractivity contribution in [1.29, 1.82) is 0 Å². The fraction of sp³-hybridized carbons (Fsp3) is 0.400. The van der Waals surface area contributed by atoms with Crippen molar-refractivity contribution in [2.75, 3.05) is 0 Å². The topological polar surface area (TPSA) is 59.2 Å². The molecule has 0 N–H and O–H groups in total. The Balaban J connectivity index is 1.47. The van der Waals surface area contributed by atoms with Crippen molar-refractivity contribution in [2.45, 2.75) is 64.5 Å². The van der Waals surface area contributed by atoms with E-state index < -0.39 is 0 Å². The lowest BCUT2D eigenvalue weighted by Crippen LogP contribution is -2.36. The number of nitrogens with zero attached hydrogens (tertiary/aromatic N) is 3. The Labute approximate surface area is 178 Å². The Morgan fingerprint density at radius 3 is 2.37 bits per heavy atom. The van der Waals surface area contributed by atoms with Gasteiger partial charge in [-0.2, -0.15) is 0 Å². The summed E-state index contributed by atoms with van der Waals surface area (Å²) in [4.78, 5) is 15.0. The van der Waals surface area contributed by atoms with Gasteiger partial charge in [-0.1, -0.05) is 49.6 Å². The molecule has 0 atom stereocenters. The van der Waals surface area contributed by atoms with E-state index in [0.29, 0.717) is 29.8 Å². The van der Waals surface area contributed by atoms with Crippen molar-refractivity contribution in [3.8, 4) is 11.5 Å². The number of amides is 1. The van der Waals surface area contributed by atoms with Crippen LogP contribution < -0.4 is 0 Å². The lowest BCUT2D eigenvalue weighted by atomic mass is 9.84. The fourth-order valence-electron chi connectivity index (χ4n) is 4.15. The average Bonchev–Trinajstić information content (AvgIpc) is 3.27. The maximum absolute atomic E-state index is 13.2. The Morgan fingerprint density at radius 1 is 1.00 bits per heavy atom. The summed E-state index contributed by atoms with van der Waals surface area (Å²) < 4.78 is 5.82. The first-order valence-electron chi connectivity index (χ1n) is 10.9. The van der Waals surface area contributed by atoms with E-state index in [9.17, 15) is 4.79 Å². The number of aromatic nitrogens is 2. The molecule has 1 saturated carbocycles. The van der Waals surface area contributed by atoms with Crippen molar-refractivity contribution in [3.63, 3.8) is 0 Å². The predicted molar refractivity (Wildman–Crippen MR) is 117 cm³/mol. The van der Waals surface area contributed by atoms with Gasteiger partial charge >= 0.3 is 0 Å². The minimum atomic E-state index is -0.0142. The molecule has 0 saturated heterocycles. The lowest BCUT2D eigenvalue weighted by Gasteiger charge is -2.26. The highest BCUT2D eigenvalue weighted by atomic mass is 16.4. The highest BCUT2D eigenvalue weighted by Crippen LogP contribution is 2.32. The first-order chi connectivity index (χ1) is 14.6. The fourth-order valence-corrected chi connectivity index (χ4v) is 4.15. The second kappa shape index (κ2) is 9.24. The number of hydrogen-bond donors (Lipinski definition) is 0. The van der Waals surface area contributed by atoms with E-state index in [-0.39, 0.29) is 11.9 Å². The van der Waals surface area contributed by atoms with Gasteiger partial charge in [0.05, 0.1) is 6.54 Å². The Kier molecular flexibility index (Phi) is 6.26. The largest absolute Gasteiger partial charge is 0.419 e. The van der Waals surface area contributed by atoms with Crippen LogP contribution in [0.5, 0.6) is 0 Å². The predicted octanol–water partition coefficient (Wildman–Crippen LogP) is 5.84. The molecule has 1 fully saturated rings. The molecule has 1 aliphatic carbocycles. The van der Waals surface area contributed by atoms with E-state index in [1.54, 1.807) is 4.90 Å². The molecule has 0 unspecified atom stereocenters. The Bertz CT molecular complexity index is 958. The molecule has 0 radical (unpaired) electrons. The van der Waals surface area contributed by atoms with Crippen molar-refractivity contribution >= 4 is 5.91 Å². The third-order valence-corrected chi connectivity index (χ3v) is 5.91. The van der Waals surface area contributed by atoms with Crippen molar-refractivity contribution in [1.82, 2.24) is 15.1 Å². The molecule has 0 bridgehead atoms. The normalized spacial score (nSPS) is 14.8. The summed E-state index contributed by atoms with van der Waals surface area (Å²) in [6.07, 6.45) is 6.47. The van der Waals surface area contributed by atoms with Gasteiger partial charge in [0.25, 0.3) is 5.91 Å². The summed E-state index contributed by atoms with van der Waals surface area (Å²) in [6, 6.07) is 17.9. The SMILES string of the molecule is CC(C)N(Cc1nnc(-c2ccccc2)o1)C(=O)c1ccc(C2CCCCC2)cc1. The Morgan fingerprint density at radius 2 is 1.70 bits per heavy atom. The van der Waals surface area contributed by atoms with E-state index in [4.69, 9.17) is 4.42 Å². The second-order valence-electron chi connectivity index (χ2n) is 8.35. The van der Waals surface area contributed by atoms with Crippen molar-refractivity contribution in [3.05, 3.63) is 71.6 Å². The van der Waals surface area contributed by atoms with Crippen LogP contribution in [-0.4, -0.2) is 27.0 Å². The highest BCUT2D eigenvalue weighted by Gasteiger charge is 2.23. The van der Waals surface area contributed by atoms with Gasteiger partial charge in [0, 0.05) is 17.2 Å². The third kappa shape index (κ3) is 4.61. The van der Waals surface area contributed by atoms with Crippen LogP contribution in [0, 0.1) is 0 Å². The van der Waals surface area contributed by atoms with Crippen molar-refractivity contribution in [2.24, 2.45) is 0 Å². The van der Waals surface area contributed by atoms with Crippen molar-refractivity contribution < 1.29 is 9.21 Å². The van der Waals surface area contributed by atoms with Crippen LogP contribution in [0.1, 0.15) is 73.7 Å². The van der Waals surface area contributed by atoms with Crippen LogP contribution in [0.25, 0.3) is 11.5 Å². The number of carbonyl (C=O) groups is 1. The maximum Gasteiger partial charge on any atom is 0.254 e. The summed E-state index contributed by atoms with van der Waals surface area (Å²) in [7, 11) is 0. The molecular formula is C25H29N3O2. The maximum atomic E-state index is 13.2. The molecule has 0 spiro atoms. The zero-order valence-corrected chi connectivity index (χ0v) is 17.8. The summed E-state index contributed by atoms with van der Waals surface area (Å²) in [6.45, 7) is 4.30. The molecule has 1 heterocycles. The van der Waals surface area contributed by atoms with Crippen LogP contribution in [0.15, 0.2) is 59.0 Å². The standard InChI is InChI=1S/C25H29N3O2/c1-18(2)28(17-23-26-27-24(30-23)21-11-7-4-8-12-21)25(29)22-15-13-20(14-16-22)19-9-5-3-6-10-19/h4,7-8,11-16,18-19H,3,5-6,9-10,17H2,1-2H3. The molecular weight excluding hydrogens is 374 g/mol. The molecule has 5 heteroatoms. The lowest BCUT2D eigenvalue weighted by molar-refractivity contribution is 0.0672. The minimum absolute atomic E-state index is 0.0142. The van der Waals surface area contributed by atoms with Gasteiger partial charge in [-0.3, -0.25) is 4.79 Å². The highest BCUT2D eigenvalue weighted by molar-refractivity contribution is 5.94. The van der Waals surface area contributed by atoms with E-state index in [1.165, 1.54) is 37.7 Å². The number of benzene rings is 2. The molecule has 1 aromatic heterocycles. The first kappa shape index (κ1) is 20.3. The Hall–Kier alpha value is -2.95. The molecule has 156 valence electrons. The molecule has 30 heavy (non-hydrogen) atoms. The van der Waals surface area contributed by atoms with E-state index in [2.05, 4.69) is 22.3 Å². The number of hydrogen-bond acceptors (Lipinski definition) is 4. The first-order valence-corrected chi connectivity index (χ1v) is 10.9. The van der Waals surface area contributed by atoms with Gasteiger partial charge in [-0.15, -0.1) is 10.2 Å².